The summed E-state index contributed by atoms with van der Waals surface area (Å²) < 4.78 is 27.3. The van der Waals surface area contributed by atoms with E-state index in [0.717, 1.165) is 10.0 Å². The summed E-state index contributed by atoms with van der Waals surface area (Å²) in [4.78, 5) is 4.26. The van der Waals surface area contributed by atoms with Crippen LogP contribution in [0.15, 0.2) is 32.3 Å². The summed E-state index contributed by atoms with van der Waals surface area (Å²) in [6, 6.07) is 5.41. The van der Waals surface area contributed by atoms with Crippen molar-refractivity contribution in [3.63, 3.8) is 0 Å². The average molecular weight is 433 g/mol. The van der Waals surface area contributed by atoms with Crippen molar-refractivity contribution in [3.05, 3.63) is 33.9 Å². The molecule has 0 saturated carbocycles. The summed E-state index contributed by atoms with van der Waals surface area (Å²) in [5.41, 5.74) is 3.71. The zero-order chi connectivity index (χ0) is 18.4. The van der Waals surface area contributed by atoms with Crippen molar-refractivity contribution in [2.75, 3.05) is 17.6 Å². The maximum atomic E-state index is 10.9. The van der Waals surface area contributed by atoms with Crippen LogP contribution in [-0.2, 0) is 10.0 Å². The second-order valence-corrected chi connectivity index (χ2v) is 7.70. The minimum absolute atomic E-state index is 0.0194. The molecule has 10 nitrogen and oxygen atoms in total. The molecule has 2 aromatic rings. The molecule has 0 spiro atoms. The number of aromatic nitrogens is 2. The average Bonchev–Trinajstić information content (AvgIpc) is 3.00. The van der Waals surface area contributed by atoms with Crippen molar-refractivity contribution >= 4 is 43.3 Å². The molecule has 0 radical (unpaired) electrons. The molecule has 1 aromatic carbocycles. The predicted octanol–water partition coefficient (Wildman–Crippen LogP) is 1.29. The molecule has 25 heavy (non-hydrogen) atoms. The van der Waals surface area contributed by atoms with Gasteiger partial charge < -0.3 is 5.32 Å². The van der Waals surface area contributed by atoms with Crippen LogP contribution < -0.4 is 15.9 Å². The Balaban J connectivity index is 2.14. The zero-order valence-electron chi connectivity index (χ0n) is 13.2. The van der Waals surface area contributed by atoms with Gasteiger partial charge in [0.15, 0.2) is 11.5 Å². The first-order valence-corrected chi connectivity index (χ1v) is 9.63. The molecule has 2 rings (SSSR count). The Labute approximate surface area is 152 Å². The Bertz CT molecular complexity index is 867. The first kappa shape index (κ1) is 19.3. The fourth-order valence-corrected chi connectivity index (χ4v) is 2.76. The number of rotatable bonds is 7. The first-order chi connectivity index (χ1) is 11.8. The van der Waals surface area contributed by atoms with Crippen molar-refractivity contribution in [2.24, 2.45) is 10.1 Å². The van der Waals surface area contributed by atoms with Gasteiger partial charge in [0.1, 0.15) is 0 Å². The van der Waals surface area contributed by atoms with Crippen LogP contribution in [0, 0.1) is 6.92 Å². The highest BCUT2D eigenvalue weighted by Gasteiger charge is 2.16. The summed E-state index contributed by atoms with van der Waals surface area (Å²) in [5.74, 6) is 0.0591. The van der Waals surface area contributed by atoms with E-state index in [1.165, 1.54) is 0 Å². The Hall–Kier alpha value is -2.02. The molecule has 0 saturated heterocycles. The normalized spacial score (nSPS) is 12.2. The monoisotopic (exact) mass is 432 g/mol. The van der Waals surface area contributed by atoms with Gasteiger partial charge in [-0.25, -0.2) is 23.2 Å². The molecule has 1 heterocycles. The fraction of sp³-hybridized carbons (Fsp3) is 0.308. The number of anilines is 1. The molecule has 0 bridgehead atoms. The summed E-state index contributed by atoms with van der Waals surface area (Å²) >= 11 is 3.41. The number of halogens is 1. The van der Waals surface area contributed by atoms with Crippen LogP contribution in [-0.4, -0.2) is 42.1 Å². The van der Waals surface area contributed by atoms with Crippen LogP contribution in [0.1, 0.15) is 17.7 Å². The van der Waals surface area contributed by atoms with Crippen LogP contribution >= 0.6 is 15.9 Å². The van der Waals surface area contributed by atoms with Crippen molar-refractivity contribution in [2.45, 2.75) is 13.3 Å². The highest BCUT2D eigenvalue weighted by Crippen LogP contribution is 2.23. The van der Waals surface area contributed by atoms with E-state index >= 15 is 0 Å². The van der Waals surface area contributed by atoms with E-state index < -0.39 is 10.0 Å². The number of hydroxylamine groups is 1. The molecule has 0 amide bonds. The van der Waals surface area contributed by atoms with E-state index in [9.17, 15) is 13.6 Å². The van der Waals surface area contributed by atoms with E-state index in [1.807, 2.05) is 18.5 Å². The summed E-state index contributed by atoms with van der Waals surface area (Å²) in [7, 11) is -3.52. The standard InChI is InChI=1S/C13H17BrN6O4S/c1-8-3-4-9(7-10(8)14)17-13(18-21)11-12(20-24-19-11)16-5-2-6-25(15,22)23/h3-4,7,21H,2,5-6H2,1H3,(H,16,20)(H,17,18)(H2,15,22,23). The number of nitrogens with two attached hydrogens (primary N) is 1. The maximum Gasteiger partial charge on any atom is 0.209 e. The minimum atomic E-state index is -3.52. The van der Waals surface area contributed by atoms with Crippen molar-refractivity contribution in [3.8, 4) is 0 Å². The number of aliphatic imine (C=N–C) groups is 1. The number of benzene rings is 1. The second kappa shape index (κ2) is 8.38. The molecule has 0 atom stereocenters. The lowest BCUT2D eigenvalue weighted by Gasteiger charge is -2.06. The Kier molecular flexibility index (Phi) is 6.47. The molecule has 1 aromatic heterocycles. The van der Waals surface area contributed by atoms with Crippen LogP contribution in [0.3, 0.4) is 0 Å². The predicted molar refractivity (Wildman–Crippen MR) is 95.4 cm³/mol. The summed E-state index contributed by atoms with van der Waals surface area (Å²) in [6.45, 7) is 2.21. The van der Waals surface area contributed by atoms with Gasteiger partial charge in [-0.3, -0.25) is 10.7 Å². The number of nitrogens with one attached hydrogen (secondary N) is 2. The SMILES string of the molecule is Cc1ccc(N=C(NO)c2nonc2NCCCS(N)(=O)=O)cc1Br. The molecule has 5 N–H and O–H groups in total. The first-order valence-electron chi connectivity index (χ1n) is 7.12. The number of aryl methyl sites for hydroxylation is 1. The molecule has 136 valence electrons. The van der Waals surface area contributed by atoms with Crippen molar-refractivity contribution in [1.29, 1.82) is 0 Å². The third kappa shape index (κ3) is 5.77. The van der Waals surface area contributed by atoms with E-state index in [2.05, 4.69) is 41.2 Å². The van der Waals surface area contributed by atoms with Crippen LogP contribution in [0.25, 0.3) is 0 Å². The number of hydrogen-bond acceptors (Lipinski definition) is 8. The largest absolute Gasteiger partial charge is 0.365 e. The maximum absolute atomic E-state index is 10.9. The van der Waals surface area contributed by atoms with E-state index in [1.54, 1.807) is 12.1 Å². The summed E-state index contributed by atoms with van der Waals surface area (Å²) in [5, 5.41) is 24.5. The van der Waals surface area contributed by atoms with E-state index in [-0.39, 0.29) is 36.1 Å². The molecular formula is C13H17BrN6O4S. The quantitative estimate of drug-likeness (QED) is 0.220. The molecule has 0 aliphatic rings. The van der Waals surface area contributed by atoms with Gasteiger partial charge in [-0.05, 0) is 41.4 Å². The lowest BCUT2D eigenvalue weighted by atomic mass is 10.2. The number of amidine groups is 1. The van der Waals surface area contributed by atoms with Gasteiger partial charge in [0, 0.05) is 11.0 Å². The smallest absolute Gasteiger partial charge is 0.209 e. The third-order valence-electron chi connectivity index (χ3n) is 3.11. The second-order valence-electron chi connectivity index (χ2n) is 5.11. The molecule has 0 fully saturated rings. The third-order valence-corrected chi connectivity index (χ3v) is 4.83. The van der Waals surface area contributed by atoms with Crippen molar-refractivity contribution in [1.82, 2.24) is 15.8 Å². The highest BCUT2D eigenvalue weighted by molar-refractivity contribution is 9.10. The fourth-order valence-electron chi connectivity index (χ4n) is 1.85. The van der Waals surface area contributed by atoms with Gasteiger partial charge >= 0.3 is 0 Å². The van der Waals surface area contributed by atoms with Gasteiger partial charge in [-0.2, -0.15) is 0 Å². The van der Waals surface area contributed by atoms with Gasteiger partial charge in [-0.15, -0.1) is 0 Å². The molecule has 0 unspecified atom stereocenters. The van der Waals surface area contributed by atoms with Gasteiger partial charge in [0.05, 0.1) is 11.4 Å². The highest BCUT2D eigenvalue weighted by atomic mass is 79.9. The minimum Gasteiger partial charge on any atom is -0.365 e. The number of primary sulfonamides is 1. The zero-order valence-corrected chi connectivity index (χ0v) is 15.6. The van der Waals surface area contributed by atoms with Gasteiger partial charge in [0.2, 0.25) is 15.8 Å². The van der Waals surface area contributed by atoms with Crippen LogP contribution in [0.4, 0.5) is 11.5 Å². The topological polar surface area (TPSA) is 156 Å². The Morgan fingerprint density at radius 1 is 1.44 bits per heavy atom. The van der Waals surface area contributed by atoms with Crippen LogP contribution in [0.5, 0.6) is 0 Å². The number of nitrogens with zero attached hydrogens (tertiary/aromatic N) is 3. The van der Waals surface area contributed by atoms with Gasteiger partial charge in [-0.1, -0.05) is 22.0 Å². The van der Waals surface area contributed by atoms with E-state index in [4.69, 9.17) is 5.14 Å². The molecule has 12 heteroatoms. The van der Waals surface area contributed by atoms with Gasteiger partial charge in [0.25, 0.3) is 0 Å². The Morgan fingerprint density at radius 3 is 2.84 bits per heavy atom. The molecule has 0 aliphatic carbocycles. The lowest BCUT2D eigenvalue weighted by Crippen LogP contribution is -2.23. The van der Waals surface area contributed by atoms with E-state index in [0.29, 0.717) is 5.69 Å². The number of hydrogen-bond donors (Lipinski definition) is 4. The Morgan fingerprint density at radius 2 is 2.20 bits per heavy atom. The van der Waals surface area contributed by atoms with Crippen molar-refractivity contribution < 1.29 is 18.3 Å². The van der Waals surface area contributed by atoms with Crippen LogP contribution in [0.2, 0.25) is 0 Å². The lowest BCUT2D eigenvalue weighted by molar-refractivity contribution is 0.234. The summed E-state index contributed by atoms with van der Waals surface area (Å²) in [6.07, 6.45) is 0.273. The molecular weight excluding hydrogens is 416 g/mol. The number of sulfonamides is 1. The molecule has 0 aliphatic heterocycles.